The van der Waals surface area contributed by atoms with Crippen LogP contribution in [0.5, 0.6) is 0 Å². The Labute approximate surface area is 166 Å². The van der Waals surface area contributed by atoms with Gasteiger partial charge in [0, 0.05) is 37.0 Å². The lowest BCUT2D eigenvalue weighted by Gasteiger charge is -2.08. The van der Waals surface area contributed by atoms with E-state index in [2.05, 4.69) is 30.6 Å². The molecule has 0 saturated heterocycles. The van der Waals surface area contributed by atoms with Gasteiger partial charge in [-0.2, -0.15) is 5.10 Å². The Balaban J connectivity index is 1.44. The van der Waals surface area contributed by atoms with Crippen LogP contribution in [-0.2, 0) is 7.05 Å². The van der Waals surface area contributed by atoms with E-state index in [0.717, 1.165) is 42.8 Å². The number of hydrogen-bond acceptors (Lipinski definition) is 7. The maximum absolute atomic E-state index is 12.7. The Morgan fingerprint density at radius 2 is 2.00 bits per heavy atom. The second-order valence-corrected chi connectivity index (χ2v) is 7.24. The van der Waals surface area contributed by atoms with Crippen molar-refractivity contribution in [1.82, 2.24) is 34.3 Å². The van der Waals surface area contributed by atoms with Crippen LogP contribution in [0.2, 0.25) is 0 Å². The van der Waals surface area contributed by atoms with Crippen molar-refractivity contribution in [1.29, 1.82) is 0 Å². The minimum atomic E-state index is 0.0737. The number of ketones is 1. The van der Waals surface area contributed by atoms with Gasteiger partial charge in [-0.15, -0.1) is 10.2 Å². The predicted molar refractivity (Wildman–Crippen MR) is 107 cm³/mol. The molecular formula is C20H20N8O. The number of aromatic nitrogens is 7. The van der Waals surface area contributed by atoms with Crippen molar-refractivity contribution in [3.63, 3.8) is 0 Å². The quantitative estimate of drug-likeness (QED) is 0.524. The summed E-state index contributed by atoms with van der Waals surface area (Å²) in [6, 6.07) is 7.48. The molecule has 29 heavy (non-hydrogen) atoms. The molecule has 0 aromatic carbocycles. The van der Waals surface area contributed by atoms with Crippen LogP contribution in [0.25, 0.3) is 16.9 Å². The van der Waals surface area contributed by atoms with E-state index in [1.54, 1.807) is 21.5 Å². The first-order valence-electron chi connectivity index (χ1n) is 9.66. The second kappa shape index (κ2) is 7.08. The predicted octanol–water partition coefficient (Wildman–Crippen LogP) is 3.04. The van der Waals surface area contributed by atoms with Crippen LogP contribution >= 0.6 is 0 Å². The fraction of sp³-hybridized carbons (Fsp3) is 0.300. The normalized spacial score (nSPS) is 14.5. The third-order valence-corrected chi connectivity index (χ3v) is 5.37. The molecule has 0 unspecified atom stereocenters. The van der Waals surface area contributed by atoms with Crippen molar-refractivity contribution >= 4 is 23.2 Å². The summed E-state index contributed by atoms with van der Waals surface area (Å²) in [7, 11) is 1.84. The van der Waals surface area contributed by atoms with E-state index in [4.69, 9.17) is 0 Å². The van der Waals surface area contributed by atoms with E-state index in [1.807, 2.05) is 37.5 Å². The molecule has 0 atom stereocenters. The molecule has 4 aromatic heterocycles. The molecule has 9 nitrogen and oxygen atoms in total. The van der Waals surface area contributed by atoms with Gasteiger partial charge in [0.15, 0.2) is 5.65 Å². The highest BCUT2D eigenvalue weighted by Gasteiger charge is 2.27. The van der Waals surface area contributed by atoms with Crippen LogP contribution in [0.15, 0.2) is 42.9 Å². The number of Topliss-reactive ketones (excluding diaryl/α,β-unsaturated/α-hetero) is 1. The molecule has 4 aromatic rings. The second-order valence-electron chi connectivity index (χ2n) is 7.24. The molecule has 5 rings (SSSR count). The highest BCUT2D eigenvalue weighted by atomic mass is 16.1. The van der Waals surface area contributed by atoms with E-state index in [0.29, 0.717) is 17.4 Å². The van der Waals surface area contributed by atoms with Gasteiger partial charge in [0.1, 0.15) is 5.82 Å². The van der Waals surface area contributed by atoms with Crippen molar-refractivity contribution in [2.45, 2.75) is 25.7 Å². The Morgan fingerprint density at radius 3 is 2.79 bits per heavy atom. The van der Waals surface area contributed by atoms with Gasteiger partial charge in [-0.3, -0.25) is 13.9 Å². The number of pyridine rings is 1. The van der Waals surface area contributed by atoms with E-state index in [1.165, 1.54) is 0 Å². The van der Waals surface area contributed by atoms with Gasteiger partial charge in [-0.25, -0.2) is 9.97 Å². The average molecular weight is 388 g/mol. The number of aryl methyl sites for hydroxylation is 1. The first-order valence-corrected chi connectivity index (χ1v) is 9.66. The molecule has 146 valence electrons. The van der Waals surface area contributed by atoms with E-state index >= 15 is 0 Å². The van der Waals surface area contributed by atoms with Gasteiger partial charge in [-0.1, -0.05) is 12.8 Å². The molecular weight excluding hydrogens is 368 g/mol. The summed E-state index contributed by atoms with van der Waals surface area (Å²) in [4.78, 5) is 21.6. The summed E-state index contributed by atoms with van der Waals surface area (Å²) in [5.41, 5.74) is 2.25. The first-order chi connectivity index (χ1) is 14.2. The van der Waals surface area contributed by atoms with E-state index < -0.39 is 0 Å². The monoisotopic (exact) mass is 388 g/mol. The average Bonchev–Trinajstić information content (AvgIpc) is 3.49. The molecule has 0 amide bonds. The minimum absolute atomic E-state index is 0.0737. The summed E-state index contributed by atoms with van der Waals surface area (Å²) >= 11 is 0. The third-order valence-electron chi connectivity index (χ3n) is 5.37. The zero-order valence-corrected chi connectivity index (χ0v) is 16.0. The molecule has 1 saturated carbocycles. The Morgan fingerprint density at radius 1 is 1.14 bits per heavy atom. The number of nitrogens with zero attached hydrogens (tertiary/aromatic N) is 7. The zero-order chi connectivity index (χ0) is 19.8. The van der Waals surface area contributed by atoms with E-state index in [9.17, 15) is 4.79 Å². The number of carbonyl (C=O) groups excluding carboxylic acids is 1. The summed E-state index contributed by atoms with van der Waals surface area (Å²) in [6.07, 6.45) is 9.35. The van der Waals surface area contributed by atoms with Crippen molar-refractivity contribution in [3.8, 4) is 11.3 Å². The van der Waals surface area contributed by atoms with Gasteiger partial charge in [0.05, 0.1) is 11.9 Å². The minimum Gasteiger partial charge on any atom is -0.309 e. The summed E-state index contributed by atoms with van der Waals surface area (Å²) in [5.74, 6) is 1.85. The first kappa shape index (κ1) is 17.5. The number of fused-ring (bicyclic) bond motifs is 1. The van der Waals surface area contributed by atoms with Crippen LogP contribution in [0, 0.1) is 5.92 Å². The van der Waals surface area contributed by atoms with Gasteiger partial charge in [0.25, 0.3) is 0 Å². The van der Waals surface area contributed by atoms with E-state index in [-0.39, 0.29) is 11.7 Å². The molecule has 0 aliphatic heterocycles. The van der Waals surface area contributed by atoms with Crippen molar-refractivity contribution in [2.75, 3.05) is 5.32 Å². The van der Waals surface area contributed by atoms with Crippen LogP contribution < -0.4 is 5.32 Å². The molecule has 1 aliphatic carbocycles. The van der Waals surface area contributed by atoms with Gasteiger partial charge in [-0.05, 0) is 31.0 Å². The molecule has 0 radical (unpaired) electrons. The van der Waals surface area contributed by atoms with Gasteiger partial charge < -0.3 is 5.32 Å². The Bertz CT molecular complexity index is 1190. The fourth-order valence-corrected chi connectivity index (χ4v) is 3.78. The molecule has 9 heteroatoms. The highest BCUT2D eigenvalue weighted by molar-refractivity contribution is 5.95. The molecule has 1 fully saturated rings. The number of rotatable bonds is 5. The largest absolute Gasteiger partial charge is 0.309 e. The van der Waals surface area contributed by atoms with Crippen molar-refractivity contribution < 1.29 is 4.79 Å². The maximum Gasteiger partial charge on any atom is 0.228 e. The number of nitrogens with one attached hydrogen (secondary N) is 1. The molecule has 0 spiro atoms. The maximum atomic E-state index is 12.7. The fourth-order valence-electron chi connectivity index (χ4n) is 3.78. The molecule has 0 bridgehead atoms. The standard InChI is InChI=1S/C20H20N8O/c1-27-16(7-10-22-27)24-20-21-9-6-15(23-20)14-8-11-28-17(12-14)25-26-19(28)18(29)13-4-2-3-5-13/h6-13H,2-5H2,1H3,(H,21,23,24). The lowest BCUT2D eigenvalue weighted by Crippen LogP contribution is -2.14. The summed E-state index contributed by atoms with van der Waals surface area (Å²) in [5, 5.41) is 15.6. The topological polar surface area (TPSA) is 103 Å². The lowest BCUT2D eigenvalue weighted by molar-refractivity contribution is 0.0911. The van der Waals surface area contributed by atoms with Crippen LogP contribution in [0.4, 0.5) is 11.8 Å². The Kier molecular flexibility index (Phi) is 4.27. The summed E-state index contributed by atoms with van der Waals surface area (Å²) < 4.78 is 3.47. The zero-order valence-electron chi connectivity index (χ0n) is 16.0. The van der Waals surface area contributed by atoms with Crippen molar-refractivity contribution in [3.05, 3.63) is 48.7 Å². The van der Waals surface area contributed by atoms with Crippen molar-refractivity contribution in [2.24, 2.45) is 13.0 Å². The van der Waals surface area contributed by atoms with Gasteiger partial charge >= 0.3 is 0 Å². The number of anilines is 2. The third kappa shape index (κ3) is 3.24. The summed E-state index contributed by atoms with van der Waals surface area (Å²) in [6.45, 7) is 0. The molecule has 4 heterocycles. The molecule has 1 aliphatic rings. The highest BCUT2D eigenvalue weighted by Crippen LogP contribution is 2.28. The Hall–Kier alpha value is -3.62. The van der Waals surface area contributed by atoms with Crippen LogP contribution in [-0.4, -0.2) is 40.1 Å². The lowest BCUT2D eigenvalue weighted by atomic mass is 10.0. The number of carbonyl (C=O) groups is 1. The van der Waals surface area contributed by atoms with Gasteiger partial charge in [0.2, 0.25) is 17.6 Å². The number of hydrogen-bond donors (Lipinski definition) is 1. The smallest absolute Gasteiger partial charge is 0.228 e. The molecule has 1 N–H and O–H groups in total. The SMILES string of the molecule is Cn1nccc1Nc1nccc(-c2ccn3c(C(=O)C4CCCC4)nnc3c2)n1. The van der Waals surface area contributed by atoms with Crippen LogP contribution in [0.1, 0.15) is 36.3 Å². The van der Waals surface area contributed by atoms with Crippen LogP contribution in [0.3, 0.4) is 0 Å².